The topological polar surface area (TPSA) is 33.9 Å². The van der Waals surface area contributed by atoms with Gasteiger partial charge in [0.15, 0.2) is 0 Å². The summed E-state index contributed by atoms with van der Waals surface area (Å²) < 4.78 is 5.51. The molecule has 1 heterocycles. The lowest BCUT2D eigenvalue weighted by molar-refractivity contribution is -0.889. The van der Waals surface area contributed by atoms with Crippen LogP contribution in [0, 0.1) is 0 Å². The third kappa shape index (κ3) is 4.16. The summed E-state index contributed by atoms with van der Waals surface area (Å²) in [5, 5.41) is 11.1. The summed E-state index contributed by atoms with van der Waals surface area (Å²) in [7, 11) is 0. The van der Waals surface area contributed by atoms with E-state index in [1.54, 1.807) is 4.90 Å². The zero-order valence-corrected chi connectivity index (χ0v) is 14.4. The average Bonchev–Trinajstić information content (AvgIpc) is 3.14. The Balaban J connectivity index is 1.80. The number of nitrogens with one attached hydrogen (secondary N) is 1. The van der Waals surface area contributed by atoms with Gasteiger partial charge in [-0.25, -0.2) is 0 Å². The van der Waals surface area contributed by atoms with Crippen molar-refractivity contribution in [3.63, 3.8) is 0 Å². The highest BCUT2D eigenvalue weighted by atomic mass is 16.5. The van der Waals surface area contributed by atoms with Crippen LogP contribution in [0.3, 0.4) is 0 Å². The second-order valence-electron chi connectivity index (χ2n) is 6.63. The third-order valence-electron chi connectivity index (χ3n) is 4.96. The quantitative estimate of drug-likeness (QED) is 0.820. The predicted octanol–water partition coefficient (Wildman–Crippen LogP) is 2.58. The summed E-state index contributed by atoms with van der Waals surface area (Å²) in [5.74, 6) is 0.979. The zero-order valence-electron chi connectivity index (χ0n) is 14.4. The van der Waals surface area contributed by atoms with Crippen LogP contribution in [0.5, 0.6) is 5.75 Å². The van der Waals surface area contributed by atoms with Crippen LogP contribution in [-0.2, 0) is 0 Å². The molecule has 0 aromatic heterocycles. The number of aliphatic hydroxyl groups excluding tert-OH is 1. The molecular formula is C21H28NO2+. The van der Waals surface area contributed by atoms with Crippen molar-refractivity contribution in [1.82, 2.24) is 0 Å². The number of hydrogen-bond donors (Lipinski definition) is 2. The summed E-state index contributed by atoms with van der Waals surface area (Å²) in [6.45, 7) is 6.07. The molecule has 2 aromatic rings. The van der Waals surface area contributed by atoms with Gasteiger partial charge in [-0.1, -0.05) is 42.5 Å². The maximum absolute atomic E-state index is 11.1. The van der Waals surface area contributed by atoms with Gasteiger partial charge < -0.3 is 14.7 Å². The van der Waals surface area contributed by atoms with Crippen LogP contribution >= 0.6 is 0 Å². The Morgan fingerprint density at radius 1 is 0.958 bits per heavy atom. The Morgan fingerprint density at radius 2 is 1.62 bits per heavy atom. The summed E-state index contributed by atoms with van der Waals surface area (Å²) in [6, 6.07) is 18.3. The number of quaternary nitrogens is 1. The van der Waals surface area contributed by atoms with Crippen LogP contribution in [0.25, 0.3) is 0 Å². The molecule has 0 amide bonds. The van der Waals surface area contributed by atoms with E-state index in [0.29, 0.717) is 6.61 Å². The molecule has 0 saturated carbocycles. The smallest absolute Gasteiger partial charge is 0.119 e. The summed E-state index contributed by atoms with van der Waals surface area (Å²) in [4.78, 5) is 1.61. The molecule has 1 aliphatic heterocycles. The molecule has 0 unspecified atom stereocenters. The van der Waals surface area contributed by atoms with Crippen molar-refractivity contribution in [2.24, 2.45) is 0 Å². The summed E-state index contributed by atoms with van der Waals surface area (Å²) in [6.07, 6.45) is 2.11. The first-order chi connectivity index (χ1) is 11.8. The number of aliphatic hydroxyl groups is 1. The molecule has 3 rings (SSSR count). The number of benzene rings is 2. The van der Waals surface area contributed by atoms with E-state index in [1.165, 1.54) is 31.5 Å². The zero-order chi connectivity index (χ0) is 16.8. The molecule has 0 radical (unpaired) electrons. The number of hydrogen-bond acceptors (Lipinski definition) is 2. The lowest BCUT2D eigenvalue weighted by atomic mass is 9.88. The molecule has 128 valence electrons. The molecule has 1 fully saturated rings. The van der Waals surface area contributed by atoms with Crippen molar-refractivity contribution >= 4 is 0 Å². The van der Waals surface area contributed by atoms with Gasteiger partial charge in [-0.2, -0.15) is 0 Å². The Morgan fingerprint density at radius 3 is 2.25 bits per heavy atom. The van der Waals surface area contributed by atoms with Crippen molar-refractivity contribution in [2.45, 2.75) is 31.8 Å². The molecular weight excluding hydrogens is 298 g/mol. The van der Waals surface area contributed by atoms with Crippen LogP contribution in [0.4, 0.5) is 0 Å². The molecule has 1 saturated heterocycles. The second kappa shape index (κ2) is 8.32. The fraction of sp³-hybridized carbons (Fsp3) is 0.429. The van der Waals surface area contributed by atoms with E-state index >= 15 is 0 Å². The first-order valence-electron chi connectivity index (χ1n) is 9.07. The largest absolute Gasteiger partial charge is 0.494 e. The normalized spacial score (nSPS) is 17.6. The van der Waals surface area contributed by atoms with Gasteiger partial charge in [-0.15, -0.1) is 0 Å². The van der Waals surface area contributed by atoms with Crippen molar-refractivity contribution in [3.05, 3.63) is 65.7 Å². The molecule has 2 atom stereocenters. The van der Waals surface area contributed by atoms with Gasteiger partial charge in [0.05, 0.1) is 38.3 Å². The number of likely N-dealkylation sites (tertiary alicyclic amines) is 1. The molecule has 2 aromatic carbocycles. The van der Waals surface area contributed by atoms with Gasteiger partial charge in [0, 0.05) is 12.8 Å². The van der Waals surface area contributed by atoms with Gasteiger partial charge in [0.1, 0.15) is 5.75 Å². The summed E-state index contributed by atoms with van der Waals surface area (Å²) >= 11 is 0. The molecule has 3 nitrogen and oxygen atoms in total. The standard InChI is InChI=1S/C21H27NO2/c1-2-24-19-12-10-18(11-13-19)21(23)20(16-22-14-6-7-15-22)17-8-4-3-5-9-17/h3-5,8-13,20-21,23H,2,6-7,14-16H2,1H3/p+1/t20-,21+/m1/s1. The average molecular weight is 326 g/mol. The SMILES string of the molecule is CCOc1ccc([C@H](O)[C@H](C[NH+]2CCCC2)c2ccccc2)cc1. The lowest BCUT2D eigenvalue weighted by Gasteiger charge is -2.26. The van der Waals surface area contributed by atoms with E-state index in [1.807, 2.05) is 37.3 Å². The van der Waals surface area contributed by atoms with Crippen molar-refractivity contribution in [3.8, 4) is 5.75 Å². The van der Waals surface area contributed by atoms with E-state index in [-0.39, 0.29) is 5.92 Å². The molecule has 24 heavy (non-hydrogen) atoms. The molecule has 3 heteroatoms. The number of ether oxygens (including phenoxy) is 1. The minimum absolute atomic E-state index is 0.122. The molecule has 0 spiro atoms. The highest BCUT2D eigenvalue weighted by molar-refractivity contribution is 5.31. The molecule has 0 aliphatic carbocycles. The lowest BCUT2D eigenvalue weighted by Crippen LogP contribution is -3.10. The Kier molecular flexibility index (Phi) is 5.89. The maximum atomic E-state index is 11.1. The first kappa shape index (κ1) is 17.0. The fourth-order valence-corrected chi connectivity index (χ4v) is 3.66. The monoisotopic (exact) mass is 326 g/mol. The van der Waals surface area contributed by atoms with Crippen molar-refractivity contribution < 1.29 is 14.7 Å². The Hall–Kier alpha value is -1.84. The van der Waals surface area contributed by atoms with E-state index in [0.717, 1.165) is 17.9 Å². The van der Waals surface area contributed by atoms with Gasteiger partial charge >= 0.3 is 0 Å². The Bertz CT molecular complexity index is 605. The molecule has 0 bridgehead atoms. The third-order valence-corrected chi connectivity index (χ3v) is 4.96. The molecule has 2 N–H and O–H groups in total. The van der Waals surface area contributed by atoms with Gasteiger partial charge in [-0.3, -0.25) is 0 Å². The number of rotatable bonds is 7. The van der Waals surface area contributed by atoms with Gasteiger partial charge in [0.25, 0.3) is 0 Å². The van der Waals surface area contributed by atoms with E-state index in [2.05, 4.69) is 24.3 Å². The Labute approximate surface area is 144 Å². The predicted molar refractivity (Wildman–Crippen MR) is 96.6 cm³/mol. The van der Waals surface area contributed by atoms with E-state index in [4.69, 9.17) is 4.74 Å². The maximum Gasteiger partial charge on any atom is 0.119 e. The fourth-order valence-electron chi connectivity index (χ4n) is 3.66. The van der Waals surface area contributed by atoms with Crippen LogP contribution in [-0.4, -0.2) is 31.3 Å². The minimum atomic E-state index is -0.490. The van der Waals surface area contributed by atoms with E-state index in [9.17, 15) is 5.11 Å². The van der Waals surface area contributed by atoms with Crippen LogP contribution in [0.15, 0.2) is 54.6 Å². The van der Waals surface area contributed by atoms with Crippen molar-refractivity contribution in [2.75, 3.05) is 26.2 Å². The summed E-state index contributed by atoms with van der Waals surface area (Å²) in [5.41, 5.74) is 2.18. The van der Waals surface area contributed by atoms with E-state index < -0.39 is 6.10 Å². The van der Waals surface area contributed by atoms with Gasteiger partial charge in [-0.05, 0) is 30.2 Å². The highest BCUT2D eigenvalue weighted by Gasteiger charge is 2.28. The molecule has 1 aliphatic rings. The van der Waals surface area contributed by atoms with Crippen LogP contribution < -0.4 is 9.64 Å². The second-order valence-corrected chi connectivity index (χ2v) is 6.63. The van der Waals surface area contributed by atoms with Crippen LogP contribution in [0.2, 0.25) is 0 Å². The minimum Gasteiger partial charge on any atom is -0.494 e. The van der Waals surface area contributed by atoms with Crippen molar-refractivity contribution in [1.29, 1.82) is 0 Å². The van der Waals surface area contributed by atoms with Crippen LogP contribution in [0.1, 0.15) is 42.9 Å². The first-order valence-corrected chi connectivity index (χ1v) is 9.07. The van der Waals surface area contributed by atoms with Gasteiger partial charge in [0.2, 0.25) is 0 Å². The highest BCUT2D eigenvalue weighted by Crippen LogP contribution is 2.31.